The van der Waals surface area contributed by atoms with E-state index in [2.05, 4.69) is 18.5 Å². The molecule has 0 amide bonds. The minimum Gasteiger partial charge on any atom is -0.484 e. The van der Waals surface area contributed by atoms with Crippen molar-refractivity contribution in [3.05, 3.63) is 43.5 Å². The van der Waals surface area contributed by atoms with E-state index in [9.17, 15) is 8.42 Å². The molecular formula is C16H22N2O3S. The number of ether oxygens (including phenoxy) is 1. The zero-order valence-electron chi connectivity index (χ0n) is 13.0. The molecule has 1 aliphatic heterocycles. The molecule has 120 valence electrons. The van der Waals surface area contributed by atoms with Crippen LogP contribution >= 0.6 is 0 Å². The first-order chi connectivity index (χ1) is 10.3. The number of rotatable bonds is 6. The van der Waals surface area contributed by atoms with Crippen LogP contribution < -0.4 is 10.1 Å². The van der Waals surface area contributed by atoms with Crippen molar-refractivity contribution in [3.8, 4) is 5.75 Å². The van der Waals surface area contributed by atoms with E-state index in [1.807, 2.05) is 13.8 Å². The van der Waals surface area contributed by atoms with E-state index < -0.39 is 10.0 Å². The Morgan fingerprint density at radius 3 is 2.55 bits per heavy atom. The maximum Gasteiger partial charge on any atom is 0.243 e. The normalized spacial score (nSPS) is 16.3. The minimum atomic E-state index is -3.59. The fourth-order valence-corrected chi connectivity index (χ4v) is 3.65. The molecule has 5 nitrogen and oxygen atoms in total. The van der Waals surface area contributed by atoms with Gasteiger partial charge in [0.1, 0.15) is 11.4 Å². The Balaban J connectivity index is 2.37. The monoisotopic (exact) mass is 322 g/mol. The van der Waals surface area contributed by atoms with Gasteiger partial charge in [0.25, 0.3) is 0 Å². The zero-order chi connectivity index (χ0) is 16.4. The average Bonchev–Trinajstić information content (AvgIpc) is 2.45. The molecule has 0 saturated carbocycles. The summed E-state index contributed by atoms with van der Waals surface area (Å²) < 4.78 is 32.5. The second kappa shape index (κ2) is 6.14. The van der Waals surface area contributed by atoms with E-state index in [0.717, 1.165) is 0 Å². The topological polar surface area (TPSA) is 58.6 Å². The molecule has 1 aromatic carbocycles. The highest BCUT2D eigenvalue weighted by atomic mass is 32.2. The summed E-state index contributed by atoms with van der Waals surface area (Å²) in [6.07, 6.45) is 3.12. The predicted molar refractivity (Wildman–Crippen MR) is 88.8 cm³/mol. The Morgan fingerprint density at radius 2 is 1.95 bits per heavy atom. The first-order valence-corrected chi connectivity index (χ1v) is 8.53. The van der Waals surface area contributed by atoms with Crippen LogP contribution in [0.25, 0.3) is 0 Å². The van der Waals surface area contributed by atoms with Gasteiger partial charge in [-0.05, 0) is 32.0 Å². The van der Waals surface area contributed by atoms with Crippen LogP contribution in [0.4, 0.5) is 5.69 Å². The fourth-order valence-electron chi connectivity index (χ4n) is 2.25. The fraction of sp³-hybridized carbons (Fsp3) is 0.375. The summed E-state index contributed by atoms with van der Waals surface area (Å²) in [5.74, 6) is 0.661. The summed E-state index contributed by atoms with van der Waals surface area (Å²) >= 11 is 0. The highest BCUT2D eigenvalue weighted by Crippen LogP contribution is 2.35. The van der Waals surface area contributed by atoms with Gasteiger partial charge in [-0.15, -0.1) is 13.2 Å². The summed E-state index contributed by atoms with van der Waals surface area (Å²) in [6.45, 7) is 12.3. The largest absolute Gasteiger partial charge is 0.484 e. The highest BCUT2D eigenvalue weighted by Gasteiger charge is 2.29. The van der Waals surface area contributed by atoms with Gasteiger partial charge in [0, 0.05) is 13.1 Å². The van der Waals surface area contributed by atoms with Crippen molar-refractivity contribution >= 4 is 15.7 Å². The molecule has 1 N–H and O–H groups in total. The molecule has 2 rings (SSSR count). The summed E-state index contributed by atoms with van der Waals surface area (Å²) in [7, 11) is -3.59. The number of benzene rings is 1. The second-order valence-electron chi connectivity index (χ2n) is 5.77. The molecule has 0 bridgehead atoms. The third-order valence-corrected chi connectivity index (χ3v) is 5.17. The van der Waals surface area contributed by atoms with Crippen LogP contribution in [0.3, 0.4) is 0 Å². The summed E-state index contributed by atoms with van der Waals surface area (Å²) in [5.41, 5.74) is 0.378. The number of hydrogen-bond donors (Lipinski definition) is 1. The van der Waals surface area contributed by atoms with Gasteiger partial charge in [0.15, 0.2) is 0 Å². The van der Waals surface area contributed by atoms with Gasteiger partial charge in [-0.1, -0.05) is 12.2 Å². The lowest BCUT2D eigenvalue weighted by atomic mass is 10.1. The smallest absolute Gasteiger partial charge is 0.243 e. The maximum atomic E-state index is 12.7. The number of anilines is 1. The second-order valence-corrected chi connectivity index (χ2v) is 7.71. The molecule has 0 spiro atoms. The van der Waals surface area contributed by atoms with Crippen LogP contribution in [0.2, 0.25) is 0 Å². The zero-order valence-corrected chi connectivity index (χ0v) is 13.8. The summed E-state index contributed by atoms with van der Waals surface area (Å²) in [6, 6.07) is 4.87. The van der Waals surface area contributed by atoms with Gasteiger partial charge in [-0.3, -0.25) is 0 Å². The molecule has 0 aliphatic carbocycles. The van der Waals surface area contributed by atoms with Gasteiger partial charge < -0.3 is 10.1 Å². The molecule has 6 heteroatoms. The van der Waals surface area contributed by atoms with Crippen molar-refractivity contribution in [1.82, 2.24) is 4.31 Å². The van der Waals surface area contributed by atoms with E-state index in [1.165, 1.54) is 4.31 Å². The lowest BCUT2D eigenvalue weighted by Gasteiger charge is -2.33. The quantitative estimate of drug-likeness (QED) is 0.818. The number of nitrogens with one attached hydrogen (secondary N) is 1. The lowest BCUT2D eigenvalue weighted by molar-refractivity contribution is 0.116. The molecule has 0 radical (unpaired) electrons. The Morgan fingerprint density at radius 1 is 1.32 bits per heavy atom. The third-order valence-electron chi connectivity index (χ3n) is 3.35. The third kappa shape index (κ3) is 3.34. The summed E-state index contributed by atoms with van der Waals surface area (Å²) in [4.78, 5) is 0.228. The van der Waals surface area contributed by atoms with E-state index in [1.54, 1.807) is 30.4 Å². The van der Waals surface area contributed by atoms with Crippen LogP contribution in [0.1, 0.15) is 13.8 Å². The average molecular weight is 322 g/mol. The molecule has 0 fully saturated rings. The van der Waals surface area contributed by atoms with E-state index in [0.29, 0.717) is 18.0 Å². The predicted octanol–water partition coefficient (Wildman–Crippen LogP) is 2.63. The van der Waals surface area contributed by atoms with E-state index >= 15 is 0 Å². The number of fused-ring (bicyclic) bond motifs is 1. The Hall–Kier alpha value is -1.79. The van der Waals surface area contributed by atoms with Crippen molar-refractivity contribution in [2.24, 2.45) is 0 Å². The summed E-state index contributed by atoms with van der Waals surface area (Å²) in [5, 5.41) is 3.22. The molecule has 1 aromatic rings. The molecule has 0 saturated heterocycles. The number of nitrogens with zero attached hydrogens (tertiary/aromatic N) is 1. The molecule has 0 atom stereocenters. The van der Waals surface area contributed by atoms with Crippen LogP contribution in [-0.2, 0) is 10.0 Å². The van der Waals surface area contributed by atoms with Crippen molar-refractivity contribution < 1.29 is 13.2 Å². The molecular weight excluding hydrogens is 300 g/mol. The number of sulfonamides is 1. The van der Waals surface area contributed by atoms with Crippen LogP contribution in [0, 0.1) is 0 Å². The minimum absolute atomic E-state index is 0.228. The van der Waals surface area contributed by atoms with Crippen molar-refractivity contribution in [3.63, 3.8) is 0 Å². The first-order valence-electron chi connectivity index (χ1n) is 7.09. The van der Waals surface area contributed by atoms with E-state index in [4.69, 9.17) is 4.74 Å². The Labute approximate surface area is 132 Å². The first kappa shape index (κ1) is 16.6. The van der Waals surface area contributed by atoms with Gasteiger partial charge >= 0.3 is 0 Å². The van der Waals surface area contributed by atoms with Crippen molar-refractivity contribution in [2.75, 3.05) is 25.0 Å². The van der Waals surface area contributed by atoms with Crippen LogP contribution in [0.5, 0.6) is 5.75 Å². The van der Waals surface area contributed by atoms with Crippen molar-refractivity contribution in [2.45, 2.75) is 24.3 Å². The lowest BCUT2D eigenvalue weighted by Crippen LogP contribution is -2.40. The standard InChI is InChI=1S/C16H22N2O3S/c1-5-9-18(10-6-2)22(19,20)13-7-8-15-14(11-13)17-12-16(3,4)21-15/h5-8,11,17H,1-2,9-10,12H2,3-4H3. The Kier molecular flexibility index (Phi) is 4.63. The van der Waals surface area contributed by atoms with E-state index in [-0.39, 0.29) is 23.6 Å². The molecule has 0 unspecified atom stereocenters. The molecule has 1 aliphatic rings. The SMILES string of the molecule is C=CCN(CC=C)S(=O)(=O)c1ccc2c(c1)NCC(C)(C)O2. The van der Waals surface area contributed by atoms with Crippen molar-refractivity contribution in [1.29, 1.82) is 0 Å². The van der Waals surface area contributed by atoms with Crippen LogP contribution in [0.15, 0.2) is 48.4 Å². The number of hydrogen-bond acceptors (Lipinski definition) is 4. The van der Waals surface area contributed by atoms with Gasteiger partial charge in [-0.25, -0.2) is 8.42 Å². The molecule has 0 aromatic heterocycles. The van der Waals surface area contributed by atoms with Crippen LogP contribution in [-0.4, -0.2) is 38.0 Å². The Bertz CT molecular complexity index is 671. The van der Waals surface area contributed by atoms with Gasteiger partial charge in [0.05, 0.1) is 17.1 Å². The van der Waals surface area contributed by atoms with Gasteiger partial charge in [-0.2, -0.15) is 4.31 Å². The molecule has 22 heavy (non-hydrogen) atoms. The highest BCUT2D eigenvalue weighted by molar-refractivity contribution is 7.89. The van der Waals surface area contributed by atoms with Gasteiger partial charge in [0.2, 0.25) is 10.0 Å². The maximum absolute atomic E-state index is 12.7. The molecule has 1 heterocycles.